The zero-order valence-corrected chi connectivity index (χ0v) is 14.0. The normalized spacial score (nSPS) is 19.1. The molecular weight excluding hydrogens is 291 g/mol. The number of nitrogens with one attached hydrogen (secondary N) is 1. The molecule has 1 aliphatic rings. The molecule has 114 valence electrons. The molecule has 0 saturated carbocycles. The first-order valence-electron chi connectivity index (χ1n) is 7.34. The van der Waals surface area contributed by atoms with Gasteiger partial charge in [0.05, 0.1) is 0 Å². The van der Waals surface area contributed by atoms with Gasteiger partial charge < -0.3 is 5.32 Å². The average Bonchev–Trinajstić information content (AvgIpc) is 2.39. The predicted molar refractivity (Wildman–Crippen MR) is 89.8 cm³/mol. The fraction of sp³-hybridized carbons (Fsp3) is 0.625. The third kappa shape index (κ3) is 5.61. The van der Waals surface area contributed by atoms with E-state index in [1.54, 1.807) is 0 Å². The summed E-state index contributed by atoms with van der Waals surface area (Å²) in [4.78, 5) is 2.56. The SMILES string of the molecule is CC(C)N(Cc1cccc(Cl)c1)CC1CCCNC1.Cl. The summed E-state index contributed by atoms with van der Waals surface area (Å²) in [5, 5.41) is 4.34. The van der Waals surface area contributed by atoms with Gasteiger partial charge in [-0.3, -0.25) is 4.90 Å². The van der Waals surface area contributed by atoms with Crippen LogP contribution in [0.25, 0.3) is 0 Å². The fourth-order valence-corrected chi connectivity index (χ4v) is 2.95. The molecule has 1 atom stereocenters. The molecule has 1 heterocycles. The lowest BCUT2D eigenvalue weighted by Gasteiger charge is -2.32. The van der Waals surface area contributed by atoms with Gasteiger partial charge >= 0.3 is 0 Å². The smallest absolute Gasteiger partial charge is 0.0409 e. The lowest BCUT2D eigenvalue weighted by molar-refractivity contribution is 0.164. The van der Waals surface area contributed by atoms with Crippen molar-refractivity contribution in [2.24, 2.45) is 5.92 Å². The third-order valence-corrected chi connectivity index (χ3v) is 4.13. The van der Waals surface area contributed by atoms with Crippen molar-refractivity contribution in [3.63, 3.8) is 0 Å². The first-order chi connectivity index (χ1) is 9.15. The van der Waals surface area contributed by atoms with E-state index in [1.807, 2.05) is 12.1 Å². The van der Waals surface area contributed by atoms with Crippen molar-refractivity contribution in [2.75, 3.05) is 19.6 Å². The van der Waals surface area contributed by atoms with Gasteiger partial charge in [-0.2, -0.15) is 0 Å². The summed E-state index contributed by atoms with van der Waals surface area (Å²) in [7, 11) is 0. The number of halogens is 2. The van der Waals surface area contributed by atoms with Crippen molar-refractivity contribution in [1.29, 1.82) is 0 Å². The van der Waals surface area contributed by atoms with Gasteiger partial charge in [0.15, 0.2) is 0 Å². The Kier molecular flexibility index (Phi) is 7.90. The van der Waals surface area contributed by atoms with Gasteiger partial charge in [-0.15, -0.1) is 12.4 Å². The Labute approximate surface area is 134 Å². The van der Waals surface area contributed by atoms with E-state index in [0.717, 1.165) is 17.5 Å². The van der Waals surface area contributed by atoms with Gasteiger partial charge in [-0.1, -0.05) is 23.7 Å². The van der Waals surface area contributed by atoms with E-state index in [0.29, 0.717) is 6.04 Å². The summed E-state index contributed by atoms with van der Waals surface area (Å²) in [6.45, 7) is 9.08. The van der Waals surface area contributed by atoms with Crippen LogP contribution >= 0.6 is 24.0 Å². The number of rotatable bonds is 5. The molecule has 20 heavy (non-hydrogen) atoms. The van der Waals surface area contributed by atoms with Crippen LogP contribution in [0.3, 0.4) is 0 Å². The average molecular weight is 317 g/mol. The Morgan fingerprint density at radius 3 is 2.80 bits per heavy atom. The fourth-order valence-electron chi connectivity index (χ4n) is 2.74. The largest absolute Gasteiger partial charge is 0.316 e. The quantitative estimate of drug-likeness (QED) is 0.884. The number of benzene rings is 1. The number of hydrogen-bond acceptors (Lipinski definition) is 2. The van der Waals surface area contributed by atoms with Crippen LogP contribution in [0.15, 0.2) is 24.3 Å². The molecule has 1 N–H and O–H groups in total. The molecule has 0 spiro atoms. The van der Waals surface area contributed by atoms with Crippen LogP contribution in [0.5, 0.6) is 0 Å². The minimum Gasteiger partial charge on any atom is -0.316 e. The molecule has 4 heteroatoms. The van der Waals surface area contributed by atoms with E-state index in [4.69, 9.17) is 11.6 Å². The molecule has 1 aliphatic heterocycles. The third-order valence-electron chi connectivity index (χ3n) is 3.90. The molecule has 1 aromatic carbocycles. The second-order valence-electron chi connectivity index (χ2n) is 5.87. The Morgan fingerprint density at radius 2 is 2.20 bits per heavy atom. The zero-order chi connectivity index (χ0) is 13.7. The van der Waals surface area contributed by atoms with E-state index in [2.05, 4.69) is 36.2 Å². The summed E-state index contributed by atoms with van der Waals surface area (Å²) in [5.41, 5.74) is 1.31. The van der Waals surface area contributed by atoms with Crippen LogP contribution < -0.4 is 5.32 Å². The lowest BCUT2D eigenvalue weighted by Crippen LogP contribution is -2.40. The summed E-state index contributed by atoms with van der Waals surface area (Å²) >= 11 is 6.07. The van der Waals surface area contributed by atoms with Crippen molar-refractivity contribution in [3.8, 4) is 0 Å². The van der Waals surface area contributed by atoms with E-state index in [-0.39, 0.29) is 12.4 Å². The summed E-state index contributed by atoms with van der Waals surface area (Å²) in [5.74, 6) is 0.787. The maximum atomic E-state index is 6.07. The van der Waals surface area contributed by atoms with E-state index < -0.39 is 0 Å². The molecule has 1 saturated heterocycles. The van der Waals surface area contributed by atoms with E-state index in [9.17, 15) is 0 Å². The van der Waals surface area contributed by atoms with Gasteiger partial charge in [0, 0.05) is 24.2 Å². The van der Waals surface area contributed by atoms with Crippen LogP contribution in [0, 0.1) is 5.92 Å². The molecule has 2 rings (SSSR count). The van der Waals surface area contributed by atoms with Crippen LogP contribution in [0.2, 0.25) is 5.02 Å². The zero-order valence-electron chi connectivity index (χ0n) is 12.4. The Balaban J connectivity index is 0.00000200. The summed E-state index contributed by atoms with van der Waals surface area (Å²) < 4.78 is 0. The van der Waals surface area contributed by atoms with Gasteiger partial charge in [0.25, 0.3) is 0 Å². The van der Waals surface area contributed by atoms with Gasteiger partial charge in [-0.25, -0.2) is 0 Å². The van der Waals surface area contributed by atoms with Crippen LogP contribution in [0.1, 0.15) is 32.3 Å². The first-order valence-corrected chi connectivity index (χ1v) is 7.72. The molecule has 2 nitrogen and oxygen atoms in total. The number of piperidine rings is 1. The minimum atomic E-state index is 0. The molecule has 0 bridgehead atoms. The van der Waals surface area contributed by atoms with Crippen molar-refractivity contribution in [3.05, 3.63) is 34.9 Å². The van der Waals surface area contributed by atoms with Crippen LogP contribution in [-0.4, -0.2) is 30.6 Å². The highest BCUT2D eigenvalue weighted by Crippen LogP contribution is 2.18. The lowest BCUT2D eigenvalue weighted by atomic mass is 9.98. The predicted octanol–water partition coefficient (Wildman–Crippen LogP) is 3.97. The molecule has 1 unspecified atom stereocenters. The van der Waals surface area contributed by atoms with Crippen LogP contribution in [0.4, 0.5) is 0 Å². The molecule has 0 radical (unpaired) electrons. The topological polar surface area (TPSA) is 15.3 Å². The Morgan fingerprint density at radius 1 is 1.40 bits per heavy atom. The number of hydrogen-bond donors (Lipinski definition) is 1. The van der Waals surface area contributed by atoms with Crippen LogP contribution in [-0.2, 0) is 6.54 Å². The highest BCUT2D eigenvalue weighted by atomic mass is 35.5. The molecule has 0 aromatic heterocycles. The van der Waals surface area contributed by atoms with Crippen molar-refractivity contribution in [2.45, 2.75) is 39.3 Å². The molecule has 0 aliphatic carbocycles. The first kappa shape index (κ1) is 17.8. The molecule has 1 aromatic rings. The van der Waals surface area contributed by atoms with Crippen molar-refractivity contribution >= 4 is 24.0 Å². The Bertz CT molecular complexity index is 390. The maximum absolute atomic E-state index is 6.07. The molecular formula is C16H26Cl2N2. The monoisotopic (exact) mass is 316 g/mol. The van der Waals surface area contributed by atoms with Gasteiger partial charge in [0.2, 0.25) is 0 Å². The second-order valence-corrected chi connectivity index (χ2v) is 6.30. The second kappa shape index (κ2) is 8.89. The van der Waals surface area contributed by atoms with E-state index >= 15 is 0 Å². The van der Waals surface area contributed by atoms with Gasteiger partial charge in [-0.05, 0) is 63.4 Å². The summed E-state index contributed by atoms with van der Waals surface area (Å²) in [6.07, 6.45) is 2.67. The standard InChI is InChI=1S/C16H25ClN2.ClH/c1-13(2)19(12-15-6-4-8-18-10-15)11-14-5-3-7-16(17)9-14;/h3,5,7,9,13,15,18H,4,6,8,10-12H2,1-2H3;1H. The maximum Gasteiger partial charge on any atom is 0.0409 e. The summed E-state index contributed by atoms with van der Waals surface area (Å²) in [6, 6.07) is 8.80. The van der Waals surface area contributed by atoms with Crippen molar-refractivity contribution in [1.82, 2.24) is 10.2 Å². The molecule has 1 fully saturated rings. The minimum absolute atomic E-state index is 0. The Hall–Kier alpha value is -0.280. The van der Waals surface area contributed by atoms with Gasteiger partial charge in [0.1, 0.15) is 0 Å². The van der Waals surface area contributed by atoms with Crippen molar-refractivity contribution < 1.29 is 0 Å². The van der Waals surface area contributed by atoms with E-state index in [1.165, 1.54) is 38.0 Å². The highest BCUT2D eigenvalue weighted by Gasteiger charge is 2.19. The number of nitrogens with zero attached hydrogens (tertiary/aromatic N) is 1. The highest BCUT2D eigenvalue weighted by molar-refractivity contribution is 6.30. The molecule has 0 amide bonds.